The summed E-state index contributed by atoms with van der Waals surface area (Å²) in [4.78, 5) is 27.0. The Morgan fingerprint density at radius 1 is 1.70 bits per heavy atom. The summed E-state index contributed by atoms with van der Waals surface area (Å²) in [7, 11) is 0. The van der Waals surface area contributed by atoms with Crippen molar-refractivity contribution in [2.24, 2.45) is 0 Å². The van der Waals surface area contributed by atoms with E-state index in [2.05, 4.69) is 20.9 Å². The molecule has 0 amide bonds. The number of anilines is 1. The monoisotopic (exact) mass is 345 g/mol. The fourth-order valence-corrected chi connectivity index (χ4v) is 2.35. The Kier molecular flexibility index (Phi) is 4.50. The molecule has 8 nitrogen and oxygen atoms in total. The third-order valence-corrected chi connectivity index (χ3v) is 3.28. The van der Waals surface area contributed by atoms with Gasteiger partial charge in [-0.15, -0.1) is 0 Å². The van der Waals surface area contributed by atoms with E-state index in [1.807, 2.05) is 0 Å². The Hall–Kier alpha value is -1.74. The predicted molar refractivity (Wildman–Crippen MR) is 72.8 cm³/mol. The summed E-state index contributed by atoms with van der Waals surface area (Å²) in [5, 5.41) is 19.8. The van der Waals surface area contributed by atoms with E-state index in [1.54, 1.807) is 4.90 Å². The summed E-state index contributed by atoms with van der Waals surface area (Å²) in [6, 6.07) is 1.38. The highest BCUT2D eigenvalue weighted by Gasteiger charge is 2.28. The number of hydrogen-bond acceptors (Lipinski definition) is 6. The van der Waals surface area contributed by atoms with Crippen LogP contribution >= 0.6 is 15.9 Å². The van der Waals surface area contributed by atoms with Gasteiger partial charge in [-0.2, -0.15) is 0 Å². The molecule has 1 atom stereocenters. The molecule has 108 valence electrons. The fourth-order valence-electron chi connectivity index (χ4n) is 2.03. The first-order chi connectivity index (χ1) is 9.47. The molecular formula is C11H12BrN3O5. The molecule has 0 saturated carbocycles. The van der Waals surface area contributed by atoms with Gasteiger partial charge in [0.1, 0.15) is 0 Å². The third-order valence-electron chi connectivity index (χ3n) is 2.85. The van der Waals surface area contributed by atoms with Crippen LogP contribution in [0.4, 0.5) is 11.5 Å². The number of aromatic nitrogens is 1. The number of nitrogens with zero attached hydrogens (tertiary/aromatic N) is 3. The van der Waals surface area contributed by atoms with E-state index in [-0.39, 0.29) is 24.5 Å². The van der Waals surface area contributed by atoms with Crippen LogP contribution in [0, 0.1) is 10.1 Å². The summed E-state index contributed by atoms with van der Waals surface area (Å²) in [5.41, 5.74) is -0.115. The van der Waals surface area contributed by atoms with Crippen molar-refractivity contribution in [1.29, 1.82) is 0 Å². The van der Waals surface area contributed by atoms with Crippen molar-refractivity contribution in [3.8, 4) is 0 Å². The third kappa shape index (κ3) is 3.42. The van der Waals surface area contributed by atoms with Gasteiger partial charge in [0.25, 0.3) is 0 Å². The Bertz CT molecular complexity index is 539. The number of carboxylic acids is 1. The van der Waals surface area contributed by atoms with Gasteiger partial charge in [-0.1, -0.05) is 0 Å². The van der Waals surface area contributed by atoms with E-state index < -0.39 is 17.0 Å². The second kappa shape index (κ2) is 6.14. The Labute approximate surface area is 122 Å². The number of pyridine rings is 1. The number of carbonyl (C=O) groups is 1. The van der Waals surface area contributed by atoms with Crippen LogP contribution in [0.25, 0.3) is 0 Å². The molecule has 1 aromatic heterocycles. The number of ether oxygens (including phenoxy) is 1. The lowest BCUT2D eigenvalue weighted by Gasteiger charge is -2.32. The number of nitro groups is 1. The standard InChI is InChI=1S/C11H12BrN3O5/c12-7-3-9(15(18)19)11(13-5-7)14-1-2-20-8(6-14)4-10(16)17/h3,5,8H,1-2,4,6H2,(H,16,17). The Balaban J connectivity index is 2.22. The topological polar surface area (TPSA) is 106 Å². The molecule has 0 aliphatic carbocycles. The average molecular weight is 346 g/mol. The van der Waals surface area contributed by atoms with Gasteiger partial charge in [-0.25, -0.2) is 4.98 Å². The van der Waals surface area contributed by atoms with Crippen molar-refractivity contribution in [3.63, 3.8) is 0 Å². The van der Waals surface area contributed by atoms with E-state index in [0.717, 1.165) is 0 Å². The second-order valence-corrected chi connectivity index (χ2v) is 5.21. The zero-order chi connectivity index (χ0) is 14.7. The molecule has 1 aliphatic rings. The average Bonchev–Trinajstić information content (AvgIpc) is 2.38. The van der Waals surface area contributed by atoms with E-state index in [9.17, 15) is 14.9 Å². The van der Waals surface area contributed by atoms with Gasteiger partial charge in [0, 0.05) is 29.8 Å². The van der Waals surface area contributed by atoms with Crippen LogP contribution in [0.3, 0.4) is 0 Å². The number of morpholine rings is 1. The molecule has 2 heterocycles. The molecule has 1 aliphatic heterocycles. The van der Waals surface area contributed by atoms with Crippen LogP contribution in [0.1, 0.15) is 6.42 Å². The van der Waals surface area contributed by atoms with Gasteiger partial charge in [0.05, 0.1) is 24.1 Å². The number of rotatable bonds is 4. The van der Waals surface area contributed by atoms with Crippen LogP contribution in [-0.2, 0) is 9.53 Å². The highest BCUT2D eigenvalue weighted by atomic mass is 79.9. The summed E-state index contributed by atoms with van der Waals surface area (Å²) < 4.78 is 5.85. The molecule has 1 saturated heterocycles. The maximum atomic E-state index is 11.1. The van der Waals surface area contributed by atoms with Gasteiger partial charge in [0.2, 0.25) is 5.82 Å². The van der Waals surface area contributed by atoms with Crippen LogP contribution in [0.15, 0.2) is 16.7 Å². The van der Waals surface area contributed by atoms with Gasteiger partial charge in [-0.05, 0) is 15.9 Å². The van der Waals surface area contributed by atoms with Crippen molar-refractivity contribution in [3.05, 3.63) is 26.9 Å². The van der Waals surface area contributed by atoms with Crippen LogP contribution in [0.5, 0.6) is 0 Å². The minimum absolute atomic E-state index is 0.115. The van der Waals surface area contributed by atoms with Crippen LogP contribution in [-0.4, -0.2) is 46.8 Å². The molecule has 1 unspecified atom stereocenters. The summed E-state index contributed by atoms with van der Waals surface area (Å²) in [5.74, 6) is -0.730. The highest BCUT2D eigenvalue weighted by Crippen LogP contribution is 2.29. The lowest BCUT2D eigenvalue weighted by atomic mass is 10.2. The van der Waals surface area contributed by atoms with Crippen molar-refractivity contribution in [2.75, 3.05) is 24.6 Å². The number of carboxylic acid groups (broad SMARTS) is 1. The predicted octanol–water partition coefficient (Wildman–Crippen LogP) is 1.43. The van der Waals surface area contributed by atoms with Crippen molar-refractivity contribution in [1.82, 2.24) is 4.98 Å². The van der Waals surface area contributed by atoms with E-state index in [0.29, 0.717) is 17.6 Å². The van der Waals surface area contributed by atoms with E-state index >= 15 is 0 Å². The maximum Gasteiger partial charge on any atom is 0.312 e. The van der Waals surface area contributed by atoms with Crippen molar-refractivity contribution < 1.29 is 19.6 Å². The largest absolute Gasteiger partial charge is 0.481 e. The van der Waals surface area contributed by atoms with Crippen LogP contribution in [0.2, 0.25) is 0 Å². The molecule has 0 radical (unpaired) electrons. The molecule has 0 bridgehead atoms. The minimum atomic E-state index is -0.963. The Morgan fingerprint density at radius 2 is 2.45 bits per heavy atom. The molecule has 2 rings (SSSR count). The molecule has 0 aromatic carbocycles. The molecule has 20 heavy (non-hydrogen) atoms. The summed E-state index contributed by atoms with van der Waals surface area (Å²) in [6.45, 7) is 1.01. The number of halogens is 1. The zero-order valence-corrected chi connectivity index (χ0v) is 11.9. The van der Waals surface area contributed by atoms with Gasteiger partial charge in [0.15, 0.2) is 0 Å². The van der Waals surface area contributed by atoms with E-state index in [1.165, 1.54) is 12.3 Å². The van der Waals surface area contributed by atoms with Crippen molar-refractivity contribution in [2.45, 2.75) is 12.5 Å². The first-order valence-electron chi connectivity index (χ1n) is 5.85. The number of aliphatic carboxylic acids is 1. The molecule has 1 N–H and O–H groups in total. The smallest absolute Gasteiger partial charge is 0.312 e. The quantitative estimate of drug-likeness (QED) is 0.649. The number of hydrogen-bond donors (Lipinski definition) is 1. The normalized spacial score (nSPS) is 18.9. The molecule has 9 heteroatoms. The van der Waals surface area contributed by atoms with Gasteiger partial charge >= 0.3 is 11.7 Å². The zero-order valence-electron chi connectivity index (χ0n) is 10.4. The first-order valence-corrected chi connectivity index (χ1v) is 6.65. The molecule has 0 spiro atoms. The maximum absolute atomic E-state index is 11.1. The summed E-state index contributed by atoms with van der Waals surface area (Å²) in [6.07, 6.45) is 0.844. The molecule has 1 aromatic rings. The van der Waals surface area contributed by atoms with Crippen molar-refractivity contribution >= 4 is 33.4 Å². The SMILES string of the molecule is O=C(O)CC1CN(c2ncc(Br)cc2[N+](=O)[O-])CCO1. The molecule has 1 fully saturated rings. The van der Waals surface area contributed by atoms with Gasteiger partial charge in [-0.3, -0.25) is 14.9 Å². The highest BCUT2D eigenvalue weighted by molar-refractivity contribution is 9.10. The van der Waals surface area contributed by atoms with Crippen LogP contribution < -0.4 is 4.90 Å². The summed E-state index contributed by atoms with van der Waals surface area (Å²) >= 11 is 3.15. The lowest BCUT2D eigenvalue weighted by molar-refractivity contribution is -0.384. The minimum Gasteiger partial charge on any atom is -0.481 e. The van der Waals surface area contributed by atoms with E-state index in [4.69, 9.17) is 9.84 Å². The fraction of sp³-hybridized carbons (Fsp3) is 0.455. The lowest BCUT2D eigenvalue weighted by Crippen LogP contribution is -2.44. The Morgan fingerprint density at radius 3 is 3.10 bits per heavy atom. The molecular weight excluding hydrogens is 334 g/mol. The first kappa shape index (κ1) is 14.7. The second-order valence-electron chi connectivity index (χ2n) is 4.29. The van der Waals surface area contributed by atoms with Gasteiger partial charge < -0.3 is 14.7 Å².